The molecule has 7 nitrogen and oxygen atoms in total. The van der Waals surface area contributed by atoms with Crippen LogP contribution in [-0.4, -0.2) is 37.9 Å². The lowest BCUT2D eigenvalue weighted by Gasteiger charge is -2.19. The number of aromatic nitrogens is 4. The molecule has 0 amide bonds. The van der Waals surface area contributed by atoms with E-state index in [2.05, 4.69) is 15.4 Å². The van der Waals surface area contributed by atoms with Crippen LogP contribution in [0.25, 0.3) is 11.4 Å². The molecule has 0 spiro atoms. The number of hydrogen-bond acceptors (Lipinski definition) is 6. The maximum absolute atomic E-state index is 12.8. The number of aryl methyl sites for hydroxylation is 2. The maximum atomic E-state index is 12.8. The Bertz CT molecular complexity index is 894. The van der Waals surface area contributed by atoms with Gasteiger partial charge in [-0.1, -0.05) is 12.8 Å². The minimum atomic E-state index is -0.287. The van der Waals surface area contributed by atoms with E-state index >= 15 is 0 Å². The first-order valence-electron chi connectivity index (χ1n) is 10.6. The molecule has 28 heavy (non-hydrogen) atoms. The zero-order valence-electron chi connectivity index (χ0n) is 16.4. The van der Waals surface area contributed by atoms with Gasteiger partial charge in [0, 0.05) is 24.8 Å². The minimum Gasteiger partial charge on any atom is -0.458 e. The van der Waals surface area contributed by atoms with E-state index in [-0.39, 0.29) is 12.1 Å². The maximum Gasteiger partial charge on any atom is 0.359 e. The van der Waals surface area contributed by atoms with Crippen LogP contribution in [0.5, 0.6) is 0 Å². The Morgan fingerprint density at radius 1 is 1.14 bits per heavy atom. The number of rotatable bonds is 4. The number of carbonyl (C=O) groups excluding carboxylic acids is 1. The smallest absolute Gasteiger partial charge is 0.359 e. The fourth-order valence-electron chi connectivity index (χ4n) is 4.85. The van der Waals surface area contributed by atoms with E-state index in [1.807, 2.05) is 13.2 Å². The first kappa shape index (κ1) is 17.6. The molecule has 0 bridgehead atoms. The van der Waals surface area contributed by atoms with Crippen molar-refractivity contribution in [2.24, 2.45) is 7.05 Å². The Morgan fingerprint density at radius 3 is 2.68 bits per heavy atom. The molecule has 0 aliphatic heterocycles. The quantitative estimate of drug-likeness (QED) is 0.817. The molecule has 2 aromatic rings. The predicted molar refractivity (Wildman–Crippen MR) is 105 cm³/mol. The normalized spacial score (nSPS) is 19.5. The highest BCUT2D eigenvalue weighted by Crippen LogP contribution is 2.35. The number of nitrogens with one attached hydrogen (secondary N) is 1. The highest BCUT2D eigenvalue weighted by atomic mass is 16.5. The molecule has 5 rings (SSSR count). The predicted octanol–water partition coefficient (Wildman–Crippen LogP) is 3.43. The van der Waals surface area contributed by atoms with E-state index < -0.39 is 0 Å². The number of anilines is 1. The zero-order valence-corrected chi connectivity index (χ0v) is 16.4. The van der Waals surface area contributed by atoms with Crippen LogP contribution in [-0.2, 0) is 24.6 Å². The van der Waals surface area contributed by atoms with Crippen molar-refractivity contribution in [2.45, 2.75) is 76.4 Å². The average Bonchev–Trinajstić information content (AvgIpc) is 3.44. The van der Waals surface area contributed by atoms with Gasteiger partial charge < -0.3 is 10.1 Å². The van der Waals surface area contributed by atoms with Gasteiger partial charge in [-0.3, -0.25) is 4.68 Å². The molecule has 3 aliphatic rings. The average molecular weight is 381 g/mol. The molecular weight excluding hydrogens is 354 g/mol. The van der Waals surface area contributed by atoms with Gasteiger partial charge in [-0.15, -0.1) is 0 Å². The van der Waals surface area contributed by atoms with E-state index in [0.717, 1.165) is 61.0 Å². The monoisotopic (exact) mass is 381 g/mol. The lowest BCUT2D eigenvalue weighted by Crippen LogP contribution is -2.19. The number of esters is 1. The Labute approximate surface area is 164 Å². The van der Waals surface area contributed by atoms with Gasteiger partial charge in [0.1, 0.15) is 6.10 Å². The van der Waals surface area contributed by atoms with Crippen LogP contribution in [0.1, 0.15) is 73.0 Å². The lowest BCUT2D eigenvalue weighted by atomic mass is 9.93. The number of nitrogens with zero attached hydrogens (tertiary/aromatic N) is 4. The van der Waals surface area contributed by atoms with Crippen LogP contribution >= 0.6 is 0 Å². The highest BCUT2D eigenvalue weighted by molar-refractivity contribution is 5.92. The number of fused-ring (bicyclic) bond motifs is 3. The fraction of sp³-hybridized carbons (Fsp3) is 0.619. The summed E-state index contributed by atoms with van der Waals surface area (Å²) in [5, 5.41) is 8.00. The summed E-state index contributed by atoms with van der Waals surface area (Å²) in [5.74, 6) is 0.389. The van der Waals surface area contributed by atoms with Crippen molar-refractivity contribution in [2.75, 3.05) is 5.32 Å². The molecule has 0 saturated heterocycles. The van der Waals surface area contributed by atoms with E-state index in [0.29, 0.717) is 17.7 Å². The molecule has 7 heteroatoms. The first-order chi connectivity index (χ1) is 13.7. The first-order valence-corrected chi connectivity index (χ1v) is 10.6. The summed E-state index contributed by atoms with van der Waals surface area (Å²) in [7, 11) is 1.88. The van der Waals surface area contributed by atoms with Crippen molar-refractivity contribution in [1.82, 2.24) is 19.7 Å². The molecule has 2 fully saturated rings. The molecule has 1 N–H and O–H groups in total. The summed E-state index contributed by atoms with van der Waals surface area (Å²) in [4.78, 5) is 22.1. The molecule has 2 saturated carbocycles. The summed E-state index contributed by atoms with van der Waals surface area (Å²) >= 11 is 0. The van der Waals surface area contributed by atoms with Gasteiger partial charge >= 0.3 is 5.97 Å². The molecule has 2 aromatic heterocycles. The van der Waals surface area contributed by atoms with Gasteiger partial charge in [0.2, 0.25) is 5.95 Å². The number of ether oxygens (including phenoxy) is 1. The van der Waals surface area contributed by atoms with Gasteiger partial charge in [0.15, 0.2) is 5.69 Å². The highest BCUT2D eigenvalue weighted by Gasteiger charge is 2.31. The standard InChI is InChI=1S/C21H27N5O2/c1-26-19-16(18(25-26)20(27)28-15-8-4-5-9-15)11-10-13-12-22-21(24-17(13)19)23-14-6-2-3-7-14/h12,14-15H,2-11H2,1H3,(H,22,23,24). The van der Waals surface area contributed by atoms with Gasteiger partial charge in [0.05, 0.1) is 11.4 Å². The van der Waals surface area contributed by atoms with Crippen LogP contribution in [0.4, 0.5) is 5.95 Å². The van der Waals surface area contributed by atoms with Crippen molar-refractivity contribution >= 4 is 11.9 Å². The fourth-order valence-corrected chi connectivity index (χ4v) is 4.85. The van der Waals surface area contributed by atoms with Crippen LogP contribution in [0.3, 0.4) is 0 Å². The largest absolute Gasteiger partial charge is 0.458 e. The molecule has 0 radical (unpaired) electrons. The Hall–Kier alpha value is -2.44. The van der Waals surface area contributed by atoms with Gasteiger partial charge in [-0.05, 0) is 56.9 Å². The van der Waals surface area contributed by atoms with Gasteiger partial charge in [-0.2, -0.15) is 5.10 Å². The summed E-state index contributed by atoms with van der Waals surface area (Å²) in [6, 6.07) is 0.463. The number of carbonyl (C=O) groups is 1. The third kappa shape index (κ3) is 3.16. The summed E-state index contributed by atoms with van der Waals surface area (Å²) in [6.07, 6.45) is 12.6. The van der Waals surface area contributed by atoms with E-state index in [1.54, 1.807) is 4.68 Å². The van der Waals surface area contributed by atoms with Crippen LogP contribution in [0.2, 0.25) is 0 Å². The molecule has 148 valence electrons. The topological polar surface area (TPSA) is 81.9 Å². The lowest BCUT2D eigenvalue weighted by molar-refractivity contribution is 0.0308. The van der Waals surface area contributed by atoms with Crippen molar-refractivity contribution in [3.63, 3.8) is 0 Å². The molecule has 2 heterocycles. The summed E-state index contributed by atoms with van der Waals surface area (Å²) < 4.78 is 7.50. The summed E-state index contributed by atoms with van der Waals surface area (Å²) in [5.41, 5.74) is 4.36. The van der Waals surface area contributed by atoms with E-state index in [1.165, 1.54) is 25.7 Å². The van der Waals surface area contributed by atoms with Crippen LogP contribution in [0.15, 0.2) is 6.20 Å². The Kier molecular flexibility index (Phi) is 4.53. The van der Waals surface area contributed by atoms with Crippen LogP contribution < -0.4 is 5.32 Å². The number of hydrogen-bond donors (Lipinski definition) is 1. The Morgan fingerprint density at radius 2 is 1.89 bits per heavy atom. The second-order valence-corrected chi connectivity index (χ2v) is 8.30. The van der Waals surface area contributed by atoms with Crippen molar-refractivity contribution < 1.29 is 9.53 Å². The van der Waals surface area contributed by atoms with Crippen molar-refractivity contribution in [3.8, 4) is 11.4 Å². The van der Waals surface area contributed by atoms with Gasteiger partial charge in [-0.25, -0.2) is 14.8 Å². The van der Waals surface area contributed by atoms with E-state index in [4.69, 9.17) is 9.72 Å². The van der Waals surface area contributed by atoms with Crippen molar-refractivity contribution in [3.05, 3.63) is 23.0 Å². The molecule has 0 aromatic carbocycles. The molecule has 0 atom stereocenters. The molecule has 0 unspecified atom stereocenters. The minimum absolute atomic E-state index is 0.0468. The molecular formula is C21H27N5O2. The SMILES string of the molecule is Cn1nc(C(=O)OC2CCCC2)c2c1-c1nc(NC3CCCC3)ncc1CC2. The van der Waals surface area contributed by atoms with Gasteiger partial charge in [0.25, 0.3) is 0 Å². The van der Waals surface area contributed by atoms with Crippen molar-refractivity contribution in [1.29, 1.82) is 0 Å². The second kappa shape index (κ2) is 7.18. The zero-order chi connectivity index (χ0) is 19.1. The Balaban J connectivity index is 1.45. The second-order valence-electron chi connectivity index (χ2n) is 8.30. The third-order valence-corrected chi connectivity index (χ3v) is 6.34. The van der Waals surface area contributed by atoms with E-state index in [9.17, 15) is 4.79 Å². The third-order valence-electron chi connectivity index (χ3n) is 6.34. The summed E-state index contributed by atoms with van der Waals surface area (Å²) in [6.45, 7) is 0. The van der Waals surface area contributed by atoms with Crippen LogP contribution in [0, 0.1) is 0 Å². The molecule has 3 aliphatic carbocycles.